The van der Waals surface area contributed by atoms with Gasteiger partial charge in [-0.2, -0.15) is 11.8 Å². The minimum absolute atomic E-state index is 0.0230. The number of hydrogen-bond donors (Lipinski definition) is 2. The molecule has 0 bridgehead atoms. The second-order valence-corrected chi connectivity index (χ2v) is 9.23. The fourth-order valence-corrected chi connectivity index (χ4v) is 6.76. The summed E-state index contributed by atoms with van der Waals surface area (Å²) in [7, 11) is -3.52. The maximum absolute atomic E-state index is 12.5. The molecular formula is C13H21NO3S3. The molecule has 0 aromatic carbocycles. The van der Waals surface area contributed by atoms with Gasteiger partial charge in [-0.1, -0.05) is 6.92 Å². The van der Waals surface area contributed by atoms with Crippen LogP contribution >= 0.6 is 23.1 Å². The van der Waals surface area contributed by atoms with Crippen molar-refractivity contribution in [3.8, 4) is 0 Å². The smallest absolute Gasteiger partial charge is 0.242 e. The zero-order valence-corrected chi connectivity index (χ0v) is 14.2. The first-order chi connectivity index (χ1) is 9.47. The van der Waals surface area contributed by atoms with Gasteiger partial charge in [-0.3, -0.25) is 0 Å². The Balaban J connectivity index is 2.10. The van der Waals surface area contributed by atoms with Gasteiger partial charge in [0.1, 0.15) is 4.90 Å². The zero-order valence-electron chi connectivity index (χ0n) is 11.8. The zero-order chi connectivity index (χ0) is 14.8. The van der Waals surface area contributed by atoms with Crippen LogP contribution in [0.15, 0.2) is 10.3 Å². The molecule has 2 rings (SSSR count). The summed E-state index contributed by atoms with van der Waals surface area (Å²) in [4.78, 5) is 0.795. The van der Waals surface area contributed by atoms with Crippen molar-refractivity contribution in [2.24, 2.45) is 0 Å². The molecule has 1 aliphatic carbocycles. The molecule has 2 N–H and O–H groups in total. The van der Waals surface area contributed by atoms with E-state index in [4.69, 9.17) is 0 Å². The molecule has 0 amide bonds. The lowest BCUT2D eigenvalue weighted by Gasteiger charge is -2.14. The van der Waals surface area contributed by atoms with Crippen LogP contribution in [0.3, 0.4) is 0 Å². The van der Waals surface area contributed by atoms with E-state index in [0.717, 1.165) is 25.0 Å². The highest BCUT2D eigenvalue weighted by Gasteiger charge is 2.30. The molecule has 0 radical (unpaired) electrons. The highest BCUT2D eigenvalue weighted by molar-refractivity contribution is 7.99. The summed E-state index contributed by atoms with van der Waals surface area (Å²) in [5, 5.41) is 11.6. The topological polar surface area (TPSA) is 66.4 Å². The lowest BCUT2D eigenvalue weighted by Crippen LogP contribution is -2.33. The molecule has 7 heteroatoms. The average Bonchev–Trinajstić information content (AvgIpc) is 2.96. The predicted octanol–water partition coefficient (Wildman–Crippen LogP) is 2.50. The van der Waals surface area contributed by atoms with E-state index in [1.165, 1.54) is 11.3 Å². The molecule has 1 aromatic heterocycles. The summed E-state index contributed by atoms with van der Waals surface area (Å²) in [6, 6.07) is 0.0230. The fraction of sp³-hybridized carbons (Fsp3) is 0.692. The monoisotopic (exact) mass is 335 g/mol. The molecule has 1 aromatic rings. The Morgan fingerprint density at radius 2 is 2.25 bits per heavy atom. The van der Waals surface area contributed by atoms with Crippen LogP contribution in [-0.2, 0) is 16.6 Å². The van der Waals surface area contributed by atoms with Crippen molar-refractivity contribution < 1.29 is 13.5 Å². The van der Waals surface area contributed by atoms with Crippen molar-refractivity contribution in [2.45, 2.75) is 55.9 Å². The van der Waals surface area contributed by atoms with Crippen molar-refractivity contribution >= 4 is 33.1 Å². The second-order valence-electron chi connectivity index (χ2n) is 5.04. The normalized spacial score (nSPS) is 23.4. The Bertz CT molecular complexity index is 553. The van der Waals surface area contributed by atoms with Crippen molar-refractivity contribution in [1.29, 1.82) is 0 Å². The summed E-state index contributed by atoms with van der Waals surface area (Å²) >= 11 is 3.20. The number of hydrogen-bond acceptors (Lipinski definition) is 5. The molecule has 2 atom stereocenters. The van der Waals surface area contributed by atoms with Gasteiger partial charge in [0.15, 0.2) is 0 Å². The molecule has 1 aliphatic rings. The molecule has 20 heavy (non-hydrogen) atoms. The average molecular weight is 336 g/mol. The van der Waals surface area contributed by atoms with E-state index in [1.807, 2.05) is 11.8 Å². The van der Waals surface area contributed by atoms with E-state index >= 15 is 0 Å². The quantitative estimate of drug-likeness (QED) is 0.838. The molecular weight excluding hydrogens is 314 g/mol. The van der Waals surface area contributed by atoms with Gasteiger partial charge in [-0.05, 0) is 42.9 Å². The van der Waals surface area contributed by atoms with Gasteiger partial charge in [-0.15, -0.1) is 11.3 Å². The van der Waals surface area contributed by atoms with Crippen molar-refractivity contribution in [1.82, 2.24) is 4.72 Å². The van der Waals surface area contributed by atoms with E-state index in [-0.39, 0.29) is 17.5 Å². The van der Waals surface area contributed by atoms with Gasteiger partial charge in [0.25, 0.3) is 0 Å². The first-order valence-corrected chi connectivity index (χ1v) is 10.2. The van der Waals surface area contributed by atoms with Crippen LogP contribution in [0, 0.1) is 6.92 Å². The summed E-state index contributed by atoms with van der Waals surface area (Å²) in [6.45, 7) is 3.67. The number of aliphatic hydroxyl groups is 1. The second kappa shape index (κ2) is 6.79. The Morgan fingerprint density at radius 1 is 1.50 bits per heavy atom. The largest absolute Gasteiger partial charge is 0.391 e. The maximum atomic E-state index is 12.5. The van der Waals surface area contributed by atoms with E-state index in [2.05, 4.69) is 11.6 Å². The fourth-order valence-electron chi connectivity index (χ4n) is 2.67. The number of aryl methyl sites for hydroxylation is 1. The van der Waals surface area contributed by atoms with E-state index in [0.29, 0.717) is 15.7 Å². The first kappa shape index (κ1) is 16.3. The minimum atomic E-state index is -3.52. The third kappa shape index (κ3) is 3.57. The van der Waals surface area contributed by atoms with Crippen molar-refractivity contribution in [3.05, 3.63) is 15.8 Å². The molecule has 1 fully saturated rings. The highest BCUT2D eigenvalue weighted by Crippen LogP contribution is 2.32. The number of rotatable bonds is 6. The third-order valence-corrected chi connectivity index (χ3v) is 7.71. The highest BCUT2D eigenvalue weighted by atomic mass is 32.2. The maximum Gasteiger partial charge on any atom is 0.242 e. The van der Waals surface area contributed by atoms with Gasteiger partial charge in [0, 0.05) is 11.3 Å². The number of aliphatic hydroxyl groups excluding tert-OH is 1. The predicted molar refractivity (Wildman–Crippen MR) is 84.9 cm³/mol. The number of thioether (sulfide) groups is 1. The van der Waals surface area contributed by atoms with Gasteiger partial charge < -0.3 is 5.11 Å². The Kier molecular flexibility index (Phi) is 5.53. The van der Waals surface area contributed by atoms with Crippen molar-refractivity contribution in [3.63, 3.8) is 0 Å². The molecule has 4 nitrogen and oxygen atoms in total. The Labute approximate surface area is 129 Å². The molecule has 1 heterocycles. The van der Waals surface area contributed by atoms with Crippen LogP contribution in [0.25, 0.3) is 0 Å². The van der Waals surface area contributed by atoms with Crippen LogP contribution in [0.1, 0.15) is 36.6 Å². The molecule has 1 saturated carbocycles. The van der Waals surface area contributed by atoms with Gasteiger partial charge >= 0.3 is 0 Å². The number of sulfonamides is 1. The molecule has 114 valence electrons. The van der Waals surface area contributed by atoms with Crippen LogP contribution in [0.4, 0.5) is 0 Å². The molecule has 0 saturated heterocycles. The molecule has 0 spiro atoms. The van der Waals surface area contributed by atoms with Crippen LogP contribution in [0.2, 0.25) is 0 Å². The lowest BCUT2D eigenvalue weighted by atomic mass is 10.3. The number of nitrogens with one attached hydrogen (secondary N) is 1. The van der Waals surface area contributed by atoms with E-state index < -0.39 is 10.0 Å². The molecule has 0 aliphatic heterocycles. The first-order valence-electron chi connectivity index (χ1n) is 6.79. The number of thiophene rings is 1. The summed E-state index contributed by atoms with van der Waals surface area (Å²) in [5.74, 6) is 1.07. The lowest BCUT2D eigenvalue weighted by molar-refractivity contribution is 0.282. The minimum Gasteiger partial charge on any atom is -0.391 e. The summed E-state index contributed by atoms with van der Waals surface area (Å²) < 4.78 is 27.8. The van der Waals surface area contributed by atoms with Crippen LogP contribution in [-0.4, -0.2) is 30.6 Å². The summed E-state index contributed by atoms with van der Waals surface area (Å²) in [5.41, 5.74) is 0.712. The van der Waals surface area contributed by atoms with Gasteiger partial charge in [0.05, 0.1) is 11.5 Å². The van der Waals surface area contributed by atoms with E-state index in [9.17, 15) is 13.5 Å². The third-order valence-electron chi connectivity index (χ3n) is 3.51. The van der Waals surface area contributed by atoms with Crippen LogP contribution in [0.5, 0.6) is 0 Å². The van der Waals surface area contributed by atoms with Crippen molar-refractivity contribution in [2.75, 3.05) is 5.75 Å². The SMILES string of the molecule is CCSC1CCC(NS(=O)(=O)c2c(C)csc2CO)C1. The van der Waals surface area contributed by atoms with E-state index in [1.54, 1.807) is 12.3 Å². The molecule has 2 unspecified atom stereocenters. The summed E-state index contributed by atoms with van der Waals surface area (Å²) in [6.07, 6.45) is 2.87. The van der Waals surface area contributed by atoms with Gasteiger partial charge in [0.2, 0.25) is 10.0 Å². The Hall–Kier alpha value is -0.0800. The van der Waals surface area contributed by atoms with Crippen LogP contribution < -0.4 is 4.72 Å². The van der Waals surface area contributed by atoms with Gasteiger partial charge in [-0.25, -0.2) is 13.1 Å². The Morgan fingerprint density at radius 3 is 2.90 bits per heavy atom. The standard InChI is InChI=1S/C13H21NO3S3/c1-3-18-11-5-4-10(6-11)14-20(16,17)13-9(2)8-19-12(13)7-15/h8,10-11,14-15H,3-7H2,1-2H3.